The predicted octanol–water partition coefficient (Wildman–Crippen LogP) is 0.579. The molecule has 3 nitrogen and oxygen atoms in total. The van der Waals surface area contributed by atoms with Crippen LogP contribution in [-0.4, -0.2) is 36.6 Å². The van der Waals surface area contributed by atoms with Gasteiger partial charge in [0.1, 0.15) is 0 Å². The summed E-state index contributed by atoms with van der Waals surface area (Å²) < 4.78 is 0. The molecule has 1 rings (SSSR count). The van der Waals surface area contributed by atoms with Gasteiger partial charge >= 0.3 is 21.7 Å². The van der Waals surface area contributed by atoms with Crippen LogP contribution in [0.5, 0.6) is 0 Å². The molecule has 0 saturated carbocycles. The molecule has 0 radical (unpaired) electrons. The fourth-order valence-corrected chi connectivity index (χ4v) is 0.340. The van der Waals surface area contributed by atoms with Crippen molar-refractivity contribution in [3.63, 3.8) is 0 Å². The van der Waals surface area contributed by atoms with Crippen molar-refractivity contribution in [3.8, 4) is 0 Å². The van der Waals surface area contributed by atoms with E-state index in [9.17, 15) is 0 Å². The molecule has 0 aliphatic heterocycles. The molecule has 4 heteroatoms. The largest absolute Gasteiger partial charge is 2.00 e. The zero-order chi connectivity index (χ0) is 9.54. The van der Waals surface area contributed by atoms with Gasteiger partial charge in [-0.1, -0.05) is 0 Å². The maximum atomic E-state index is 7.00. The van der Waals surface area contributed by atoms with Gasteiger partial charge in [-0.25, -0.2) is 12.2 Å². The molecule has 3 N–H and O–H groups in total. The van der Waals surface area contributed by atoms with Gasteiger partial charge in [0.25, 0.3) is 0 Å². The monoisotopic (exact) mass is 224 g/mol. The van der Waals surface area contributed by atoms with E-state index >= 15 is 0 Å². The average Bonchev–Trinajstić information content (AvgIpc) is 2.71. The van der Waals surface area contributed by atoms with Gasteiger partial charge in [-0.2, -0.15) is 6.08 Å². The van der Waals surface area contributed by atoms with Crippen molar-refractivity contribution >= 4 is 0 Å². The van der Waals surface area contributed by atoms with Crippen LogP contribution >= 0.6 is 0 Å². The molecule has 0 heterocycles. The van der Waals surface area contributed by atoms with Gasteiger partial charge in [0, 0.05) is 21.3 Å². The van der Waals surface area contributed by atoms with Crippen LogP contribution < -0.4 is 0 Å². The Hall–Kier alpha value is 0.0743. The quantitative estimate of drug-likeness (QED) is 0.416. The Morgan fingerprint density at radius 3 is 1.46 bits per heavy atom. The van der Waals surface area contributed by atoms with Crippen molar-refractivity contribution in [2.45, 2.75) is 6.42 Å². The Labute approximate surface area is 96.7 Å². The second-order valence-corrected chi connectivity index (χ2v) is 1.00. The minimum atomic E-state index is 0. The second kappa shape index (κ2) is 57.5. The molecule has 13 heavy (non-hydrogen) atoms. The molecule has 0 unspecified atom stereocenters. The van der Waals surface area contributed by atoms with Crippen LogP contribution in [0.3, 0.4) is 0 Å². The topological polar surface area (TPSA) is 60.7 Å². The van der Waals surface area contributed by atoms with Crippen LogP contribution in [0.1, 0.15) is 6.42 Å². The number of aliphatic hydroxyl groups excluding tert-OH is 3. The van der Waals surface area contributed by atoms with E-state index in [-0.39, 0.29) is 29.1 Å². The van der Waals surface area contributed by atoms with Crippen LogP contribution in [-0.2, 0) is 21.7 Å². The third-order valence-electron chi connectivity index (χ3n) is 0.586. The van der Waals surface area contributed by atoms with Crippen molar-refractivity contribution in [3.05, 3.63) is 31.7 Å². The number of rotatable bonds is 0. The minimum Gasteiger partial charge on any atom is -0.400 e. The summed E-state index contributed by atoms with van der Waals surface area (Å²) in [6, 6.07) is 0. The summed E-state index contributed by atoms with van der Waals surface area (Å²) in [5, 5.41) is 21.0. The average molecular weight is 224 g/mol. The standard InChI is InChI=1S/C5H5.3CH4O.CH3.Ti/c1-2-4-5-3-1;3*1-2;;/h1-3H,4H2;3*2H,1H3;1H3;/q-1;;;;-1;+2. The van der Waals surface area contributed by atoms with E-state index in [4.69, 9.17) is 15.3 Å². The molecule has 0 amide bonds. The molecule has 0 fully saturated rings. The smallest absolute Gasteiger partial charge is 0.400 e. The molecule has 0 aromatic heterocycles. The molecule has 78 valence electrons. The minimum absolute atomic E-state index is 0. The van der Waals surface area contributed by atoms with Crippen LogP contribution in [0.15, 0.2) is 18.2 Å². The molecular formula is C9H20O3Ti. The van der Waals surface area contributed by atoms with Gasteiger partial charge in [-0.15, -0.1) is 6.42 Å². The molecule has 0 spiro atoms. The first-order valence-corrected chi connectivity index (χ1v) is 3.06. The SMILES string of the molecule is CO.CO.CO.[C-]1=CC=CC1.[CH3-].[Ti+2]. The van der Waals surface area contributed by atoms with Crippen molar-refractivity contribution in [2.24, 2.45) is 0 Å². The Morgan fingerprint density at radius 1 is 1.00 bits per heavy atom. The Kier molecular flexibility index (Phi) is 129. The molecule has 0 saturated heterocycles. The summed E-state index contributed by atoms with van der Waals surface area (Å²) in [4.78, 5) is 0. The van der Waals surface area contributed by atoms with Gasteiger partial charge in [0.05, 0.1) is 0 Å². The Morgan fingerprint density at radius 2 is 1.38 bits per heavy atom. The van der Waals surface area contributed by atoms with Crippen LogP contribution in [0.4, 0.5) is 0 Å². The summed E-state index contributed by atoms with van der Waals surface area (Å²) in [7, 11) is 3.00. The fourth-order valence-electron chi connectivity index (χ4n) is 0.340. The van der Waals surface area contributed by atoms with Gasteiger partial charge in [-0.05, 0) is 0 Å². The summed E-state index contributed by atoms with van der Waals surface area (Å²) in [6.07, 6.45) is 10.0. The second-order valence-electron chi connectivity index (χ2n) is 1.00. The predicted molar refractivity (Wildman–Crippen MR) is 52.4 cm³/mol. The number of aliphatic hydroxyl groups is 3. The van der Waals surface area contributed by atoms with Crippen molar-refractivity contribution in [1.82, 2.24) is 0 Å². The summed E-state index contributed by atoms with van der Waals surface area (Å²) in [5.41, 5.74) is 0. The molecule has 0 aromatic rings. The van der Waals surface area contributed by atoms with Crippen molar-refractivity contribution < 1.29 is 37.0 Å². The van der Waals surface area contributed by atoms with Crippen LogP contribution in [0, 0.1) is 13.5 Å². The Balaban J connectivity index is -0.0000000239. The molecule has 0 atom stereocenters. The molecular weight excluding hydrogens is 204 g/mol. The number of allylic oxidation sites excluding steroid dienone is 4. The molecule has 0 aromatic carbocycles. The van der Waals surface area contributed by atoms with E-state index in [0.717, 1.165) is 27.8 Å². The van der Waals surface area contributed by atoms with Gasteiger partial charge in [0.2, 0.25) is 0 Å². The van der Waals surface area contributed by atoms with E-state index in [0.29, 0.717) is 0 Å². The van der Waals surface area contributed by atoms with Crippen molar-refractivity contribution in [2.75, 3.05) is 21.3 Å². The van der Waals surface area contributed by atoms with Crippen molar-refractivity contribution in [1.29, 1.82) is 0 Å². The first-order valence-electron chi connectivity index (χ1n) is 3.06. The van der Waals surface area contributed by atoms with E-state index in [2.05, 4.69) is 12.2 Å². The molecule has 0 bridgehead atoms. The number of hydrogen-bond donors (Lipinski definition) is 3. The number of hydrogen-bond acceptors (Lipinski definition) is 3. The summed E-state index contributed by atoms with van der Waals surface area (Å²) in [6.45, 7) is 0. The third-order valence-corrected chi connectivity index (χ3v) is 0.586. The molecule has 1 aliphatic rings. The van der Waals surface area contributed by atoms with Gasteiger partial charge in [0.15, 0.2) is 0 Å². The summed E-state index contributed by atoms with van der Waals surface area (Å²) >= 11 is 0. The van der Waals surface area contributed by atoms with Crippen LogP contribution in [0.2, 0.25) is 0 Å². The van der Waals surface area contributed by atoms with E-state index < -0.39 is 0 Å². The molecule has 1 aliphatic carbocycles. The van der Waals surface area contributed by atoms with E-state index in [1.807, 2.05) is 12.2 Å². The van der Waals surface area contributed by atoms with E-state index in [1.165, 1.54) is 0 Å². The first kappa shape index (κ1) is 29.2. The zero-order valence-corrected chi connectivity index (χ0v) is 10.3. The fraction of sp³-hybridized carbons (Fsp3) is 0.444. The van der Waals surface area contributed by atoms with E-state index in [1.54, 1.807) is 0 Å². The Bertz CT molecular complexity index is 72.9. The third kappa shape index (κ3) is 47.6. The summed E-state index contributed by atoms with van der Waals surface area (Å²) in [5.74, 6) is 0. The van der Waals surface area contributed by atoms with Gasteiger partial charge < -0.3 is 22.7 Å². The first-order chi connectivity index (χ1) is 5.50. The normalized spacial score (nSPS) is 8.15. The maximum Gasteiger partial charge on any atom is 2.00 e. The zero-order valence-electron chi connectivity index (χ0n) is 8.78. The van der Waals surface area contributed by atoms with Crippen LogP contribution in [0.25, 0.3) is 0 Å². The van der Waals surface area contributed by atoms with Gasteiger partial charge in [-0.3, -0.25) is 6.08 Å². The maximum absolute atomic E-state index is 7.00.